The summed E-state index contributed by atoms with van der Waals surface area (Å²) in [5.74, 6) is 2.98. The Hall–Kier alpha value is -1.12. The maximum absolute atomic E-state index is 11.6. The minimum atomic E-state index is 0.196. The number of anilines is 1. The Bertz CT molecular complexity index is 1420. The van der Waals surface area contributed by atoms with Gasteiger partial charge in [-0.3, -0.25) is 0 Å². The van der Waals surface area contributed by atoms with Crippen LogP contribution < -0.4 is 18.7 Å². The third kappa shape index (κ3) is 6.59. The molecule has 2 unspecified atom stereocenters. The van der Waals surface area contributed by atoms with Gasteiger partial charge in [0.05, 0.1) is 0 Å². The number of rotatable bonds is 8. The zero-order valence-corrected chi connectivity index (χ0v) is 28.6. The zero-order valence-electron chi connectivity index (χ0n) is 22.7. The van der Waals surface area contributed by atoms with Gasteiger partial charge >= 0.3 is 265 Å². The molecule has 2 atom stereocenters. The Morgan fingerprint density at radius 2 is 2.15 bits per heavy atom. The predicted molar refractivity (Wildman–Crippen MR) is 175 cm³/mol. The normalized spacial score (nSPS) is 23.6. The molecule has 4 aliphatic heterocycles. The van der Waals surface area contributed by atoms with E-state index < -0.39 is 0 Å². The summed E-state index contributed by atoms with van der Waals surface area (Å²) in [5, 5.41) is 0.196. The van der Waals surface area contributed by atoms with Crippen molar-refractivity contribution in [1.29, 1.82) is 0 Å². The van der Waals surface area contributed by atoms with E-state index in [1.165, 1.54) is 78.7 Å². The van der Waals surface area contributed by atoms with E-state index in [9.17, 15) is 4.79 Å². The number of allylic oxidation sites excluding steroid dienone is 4. The summed E-state index contributed by atoms with van der Waals surface area (Å²) >= 11 is 5.62. The van der Waals surface area contributed by atoms with Crippen molar-refractivity contribution in [2.24, 2.45) is 0 Å². The van der Waals surface area contributed by atoms with E-state index >= 15 is 0 Å². The van der Waals surface area contributed by atoms with E-state index in [-0.39, 0.29) is 5.12 Å². The monoisotopic (exact) mass is 721 g/mol. The number of aryl methyl sites for hydroxylation is 1. The number of hydrogen-bond acceptors (Lipinski definition) is 6. The van der Waals surface area contributed by atoms with Crippen LogP contribution in [0.15, 0.2) is 87.4 Å². The number of quaternary nitrogens is 1. The van der Waals surface area contributed by atoms with Crippen molar-refractivity contribution in [2.45, 2.75) is 29.6 Å². The first-order valence-electron chi connectivity index (χ1n) is 13.5. The number of nitrogens with one attached hydrogen (secondary N) is 1. The zero-order chi connectivity index (χ0) is 27.5. The fourth-order valence-electron chi connectivity index (χ4n) is 5.51. The summed E-state index contributed by atoms with van der Waals surface area (Å²) in [6.07, 6.45) is 14.5. The summed E-state index contributed by atoms with van der Waals surface area (Å²) in [5.41, 5.74) is 7.23. The number of benzene rings is 2. The van der Waals surface area contributed by atoms with Crippen molar-refractivity contribution in [3.8, 4) is 0 Å². The molecule has 0 fully saturated rings. The average Bonchev–Trinajstić information content (AvgIpc) is 3.50. The summed E-state index contributed by atoms with van der Waals surface area (Å²) in [6, 6.07) is 13.6. The van der Waals surface area contributed by atoms with E-state index in [0.29, 0.717) is 34.9 Å². The average molecular weight is 720 g/mol. The summed E-state index contributed by atoms with van der Waals surface area (Å²) in [6.45, 7) is 3.77. The molecule has 0 saturated heterocycles. The second-order valence-corrected chi connectivity index (χ2v) is 17.9. The van der Waals surface area contributed by atoms with Crippen molar-refractivity contribution in [1.82, 2.24) is 0 Å². The van der Waals surface area contributed by atoms with Crippen molar-refractivity contribution in [3.63, 3.8) is 0 Å². The van der Waals surface area contributed by atoms with E-state index in [4.69, 9.17) is 4.18 Å². The summed E-state index contributed by atoms with van der Waals surface area (Å²) in [7, 11) is 1.72. The van der Waals surface area contributed by atoms with Crippen molar-refractivity contribution < 1.29 is 13.9 Å². The van der Waals surface area contributed by atoms with Gasteiger partial charge in [0.1, 0.15) is 0 Å². The first kappa shape index (κ1) is 29.0. The van der Waals surface area contributed by atoms with E-state index in [1.807, 2.05) is 11.8 Å². The Morgan fingerprint density at radius 3 is 3.02 bits per heavy atom. The number of carbonyl (C=O) groups excluding carboxylic acids is 1. The van der Waals surface area contributed by atoms with Gasteiger partial charge < -0.3 is 0 Å². The van der Waals surface area contributed by atoms with Crippen LogP contribution >= 0.6 is 35.6 Å². The summed E-state index contributed by atoms with van der Waals surface area (Å²) < 4.78 is 9.83. The van der Waals surface area contributed by atoms with Gasteiger partial charge in [-0.1, -0.05) is 0 Å². The number of carbonyl (C=O) groups is 1. The SMILES string of the molecule is COSc1ccc2c(c1)[NH+](CCSC(C)=O)C(/C=C/C1=CC(=C/C=C3\[Se]c4cccc5c4N3CCC5)/CSC1)[Se]2. The third-order valence-corrected chi connectivity index (χ3v) is 14.8. The topological polar surface area (TPSA) is 34.0 Å². The molecule has 0 aliphatic carbocycles. The molecule has 0 aromatic heterocycles. The molecular weight excluding hydrogens is 686 g/mol. The molecule has 6 rings (SSSR count). The number of thioether (sulfide) groups is 2. The fourth-order valence-corrected chi connectivity index (χ4v) is 12.6. The number of hydrogen-bond donors (Lipinski definition) is 1. The molecule has 0 spiro atoms. The maximum atomic E-state index is 11.6. The Morgan fingerprint density at radius 1 is 1.23 bits per heavy atom. The van der Waals surface area contributed by atoms with Crippen LogP contribution in [0.5, 0.6) is 0 Å². The van der Waals surface area contributed by atoms with Crippen molar-refractivity contribution >= 4 is 90.9 Å². The van der Waals surface area contributed by atoms with Gasteiger partial charge in [-0.15, -0.1) is 0 Å². The van der Waals surface area contributed by atoms with Crippen LogP contribution in [0.3, 0.4) is 0 Å². The van der Waals surface area contributed by atoms with Crippen LogP contribution in [0, 0.1) is 0 Å². The van der Waals surface area contributed by atoms with Gasteiger partial charge in [-0.25, -0.2) is 0 Å². The van der Waals surface area contributed by atoms with Gasteiger partial charge in [-0.05, 0) is 0 Å². The van der Waals surface area contributed by atoms with Gasteiger partial charge in [0, 0.05) is 0 Å². The minimum absolute atomic E-state index is 0.196. The molecule has 2 aromatic carbocycles. The molecule has 0 bridgehead atoms. The van der Waals surface area contributed by atoms with Crippen LogP contribution in [0.2, 0.25) is 0 Å². The molecule has 0 amide bonds. The van der Waals surface area contributed by atoms with Gasteiger partial charge in [-0.2, -0.15) is 0 Å². The van der Waals surface area contributed by atoms with Gasteiger partial charge in [0.25, 0.3) is 0 Å². The second kappa shape index (κ2) is 13.5. The van der Waals surface area contributed by atoms with Crippen molar-refractivity contribution in [3.05, 3.63) is 88.1 Å². The first-order chi connectivity index (χ1) is 19.6. The van der Waals surface area contributed by atoms with Gasteiger partial charge in [0.2, 0.25) is 0 Å². The predicted octanol–water partition coefficient (Wildman–Crippen LogP) is 3.60. The fraction of sp³-hybridized carbons (Fsp3) is 0.323. The molecule has 4 aliphatic rings. The van der Waals surface area contributed by atoms with E-state index in [2.05, 4.69) is 71.7 Å². The molecule has 1 N–H and O–H groups in total. The molecule has 4 heterocycles. The van der Waals surface area contributed by atoms with Crippen LogP contribution in [0.4, 0.5) is 11.4 Å². The van der Waals surface area contributed by atoms with E-state index in [1.54, 1.807) is 18.5 Å². The third-order valence-electron chi connectivity index (χ3n) is 7.24. The Kier molecular flexibility index (Phi) is 9.75. The molecule has 0 radical (unpaired) electrons. The number of para-hydroxylation sites is 1. The van der Waals surface area contributed by atoms with Crippen LogP contribution in [-0.4, -0.2) is 77.4 Å². The Balaban J connectivity index is 1.18. The first-order valence-corrected chi connectivity index (χ1v) is 20.0. The standard InChI is InChI=1S/C31H32N2O2S3Se2/c1-21(34)37-16-15-32-26-18-25(38-35-2)10-11-27(26)39-29(32)12-8-22-17-23(20-36-19-22)9-13-30-33-14-4-6-24-5-3-7-28(40-30)31(24)33/h3,5,7-13,17-18,29H,4,6,14-16,19-20H2,1-2H3/p+1/b12-8+,23-9-,30-13-. The van der Waals surface area contributed by atoms with Crippen LogP contribution in [0.25, 0.3) is 0 Å². The number of nitrogens with zero attached hydrogens (tertiary/aromatic N) is 1. The Labute approximate surface area is 263 Å². The van der Waals surface area contributed by atoms with Gasteiger partial charge in [0.15, 0.2) is 0 Å². The quantitative estimate of drug-likeness (QED) is 0.332. The van der Waals surface area contributed by atoms with E-state index in [0.717, 1.165) is 35.2 Å². The molecule has 4 nitrogen and oxygen atoms in total. The van der Waals surface area contributed by atoms with Crippen LogP contribution in [0.1, 0.15) is 18.9 Å². The molecular formula is C31H33N2O2S3Se2+. The molecule has 9 heteroatoms. The van der Waals surface area contributed by atoms with Crippen molar-refractivity contribution in [2.75, 3.05) is 42.4 Å². The molecule has 2 aromatic rings. The number of fused-ring (bicyclic) bond motifs is 1. The molecule has 40 heavy (non-hydrogen) atoms. The summed E-state index contributed by atoms with van der Waals surface area (Å²) in [4.78, 5) is 17.2. The second-order valence-electron chi connectivity index (χ2n) is 10.0. The van der Waals surface area contributed by atoms with Crippen LogP contribution in [-0.2, 0) is 15.4 Å². The molecule has 208 valence electrons. The molecule has 0 saturated carbocycles.